The number of benzene rings is 1. The number of nitrogens with zero attached hydrogens (tertiary/aromatic N) is 2. The van der Waals surface area contributed by atoms with Crippen LogP contribution in [0, 0.1) is 6.92 Å². The lowest BCUT2D eigenvalue weighted by Gasteiger charge is -2.26. The van der Waals surface area contributed by atoms with Crippen molar-refractivity contribution >= 4 is 41.3 Å². The fourth-order valence-corrected chi connectivity index (χ4v) is 3.65. The van der Waals surface area contributed by atoms with Gasteiger partial charge in [-0.3, -0.25) is 4.99 Å². The molecule has 1 aromatic carbocycles. The quantitative estimate of drug-likeness (QED) is 0.323. The van der Waals surface area contributed by atoms with Gasteiger partial charge >= 0.3 is 0 Å². The average molecular weight is 530 g/mol. The third-order valence-electron chi connectivity index (χ3n) is 4.64. The molecule has 0 atom stereocenters. The molecule has 1 aliphatic rings. The first-order valence-corrected chi connectivity index (χ1v) is 10.7. The van der Waals surface area contributed by atoms with Crippen molar-refractivity contribution in [2.45, 2.75) is 39.5 Å². The Balaban J connectivity index is 0.00000300. The van der Waals surface area contributed by atoms with E-state index in [4.69, 9.17) is 14.5 Å². The number of hydrogen-bond acceptors (Lipinski definition) is 5. The number of rotatable bonds is 7. The Morgan fingerprint density at radius 2 is 1.97 bits per heavy atom. The third kappa shape index (κ3) is 6.74. The van der Waals surface area contributed by atoms with Crippen LogP contribution >= 0.6 is 35.3 Å². The highest BCUT2D eigenvalue weighted by Gasteiger charge is 2.23. The van der Waals surface area contributed by atoms with Gasteiger partial charge in [0.05, 0.1) is 17.2 Å². The molecule has 0 saturated heterocycles. The highest BCUT2D eigenvalue weighted by Crippen LogP contribution is 2.35. The molecular weight excluding hydrogens is 499 g/mol. The molecule has 1 aliphatic heterocycles. The minimum absolute atomic E-state index is 0. The number of aromatic nitrogens is 1. The van der Waals surface area contributed by atoms with Gasteiger partial charge in [-0.1, -0.05) is 19.9 Å². The molecule has 6 nitrogen and oxygen atoms in total. The topological polar surface area (TPSA) is 67.8 Å². The van der Waals surface area contributed by atoms with Gasteiger partial charge in [0.25, 0.3) is 0 Å². The van der Waals surface area contributed by atoms with Crippen molar-refractivity contribution in [3.8, 4) is 11.5 Å². The van der Waals surface area contributed by atoms with E-state index < -0.39 is 0 Å². The Labute approximate surface area is 194 Å². The van der Waals surface area contributed by atoms with Crippen LogP contribution in [-0.2, 0) is 11.8 Å². The minimum atomic E-state index is -0.121. The Morgan fingerprint density at radius 1 is 1.21 bits per heavy atom. The van der Waals surface area contributed by atoms with Crippen LogP contribution in [0.4, 0.5) is 0 Å². The minimum Gasteiger partial charge on any atom is -0.486 e. The molecule has 2 heterocycles. The molecule has 0 radical (unpaired) electrons. The molecule has 2 N–H and O–H groups in total. The number of hydrogen-bond donors (Lipinski definition) is 2. The fourth-order valence-electron chi connectivity index (χ4n) is 3.01. The first-order valence-electron chi connectivity index (χ1n) is 9.81. The van der Waals surface area contributed by atoms with Crippen LogP contribution in [0.3, 0.4) is 0 Å². The van der Waals surface area contributed by atoms with Crippen molar-refractivity contribution < 1.29 is 9.47 Å². The summed E-state index contributed by atoms with van der Waals surface area (Å²) >= 11 is 1.69. The summed E-state index contributed by atoms with van der Waals surface area (Å²) in [5.74, 6) is 2.48. The lowest BCUT2D eigenvalue weighted by Crippen LogP contribution is -2.39. The van der Waals surface area contributed by atoms with Crippen molar-refractivity contribution in [3.63, 3.8) is 0 Å². The van der Waals surface area contributed by atoms with E-state index in [1.165, 1.54) is 5.56 Å². The average Bonchev–Trinajstić information content (AvgIpc) is 3.11. The van der Waals surface area contributed by atoms with E-state index in [0.717, 1.165) is 47.7 Å². The highest BCUT2D eigenvalue weighted by molar-refractivity contribution is 14.0. The number of ether oxygens (including phenoxy) is 2. The normalized spacial score (nSPS) is 13.6. The van der Waals surface area contributed by atoms with Gasteiger partial charge in [0.1, 0.15) is 13.2 Å². The number of guanidine groups is 1. The second-order valence-corrected chi connectivity index (χ2v) is 8.53. The fraction of sp³-hybridized carbons (Fsp3) is 0.524. The van der Waals surface area contributed by atoms with E-state index in [9.17, 15) is 0 Å². The summed E-state index contributed by atoms with van der Waals surface area (Å²) in [4.78, 5) is 9.32. The molecule has 0 bridgehead atoms. The molecule has 0 amide bonds. The largest absolute Gasteiger partial charge is 0.486 e. The van der Waals surface area contributed by atoms with Crippen LogP contribution in [-0.4, -0.2) is 43.8 Å². The van der Waals surface area contributed by atoms with E-state index >= 15 is 0 Å². The van der Waals surface area contributed by atoms with E-state index in [1.54, 1.807) is 11.3 Å². The zero-order valence-electron chi connectivity index (χ0n) is 17.6. The molecule has 0 fully saturated rings. The van der Waals surface area contributed by atoms with E-state index in [0.29, 0.717) is 19.8 Å². The van der Waals surface area contributed by atoms with Crippen molar-refractivity contribution in [3.05, 3.63) is 39.8 Å². The molecule has 2 aromatic rings. The Kier molecular flexibility index (Phi) is 9.01. The first kappa shape index (κ1) is 23.7. The summed E-state index contributed by atoms with van der Waals surface area (Å²) < 4.78 is 11.4. The summed E-state index contributed by atoms with van der Waals surface area (Å²) in [7, 11) is 0. The number of nitrogens with one attached hydrogen (secondary N) is 2. The zero-order valence-corrected chi connectivity index (χ0v) is 20.7. The Morgan fingerprint density at radius 3 is 2.66 bits per heavy atom. The predicted molar refractivity (Wildman–Crippen MR) is 130 cm³/mol. The van der Waals surface area contributed by atoms with Crippen LogP contribution in [0.5, 0.6) is 11.5 Å². The maximum Gasteiger partial charge on any atom is 0.191 e. The molecule has 0 unspecified atom stereocenters. The first-order chi connectivity index (χ1) is 13.5. The van der Waals surface area contributed by atoms with Crippen molar-refractivity contribution in [1.82, 2.24) is 15.6 Å². The van der Waals surface area contributed by atoms with Gasteiger partial charge in [-0.25, -0.2) is 4.98 Å². The molecule has 29 heavy (non-hydrogen) atoms. The summed E-state index contributed by atoms with van der Waals surface area (Å²) in [6.07, 6.45) is 0.889. The van der Waals surface area contributed by atoms with Crippen LogP contribution in [0.2, 0.25) is 0 Å². The summed E-state index contributed by atoms with van der Waals surface area (Å²) in [5, 5.41) is 9.96. The van der Waals surface area contributed by atoms with Gasteiger partial charge in [0.2, 0.25) is 0 Å². The van der Waals surface area contributed by atoms with Crippen LogP contribution in [0.1, 0.15) is 37.0 Å². The van der Waals surface area contributed by atoms with E-state index in [1.807, 2.05) is 13.0 Å². The highest BCUT2D eigenvalue weighted by atomic mass is 127. The SMILES string of the molecule is CCNC(=NCC(C)(C)c1ccc2c(c1)OCCO2)NCCc1csc(C)n1.I. The van der Waals surface area contributed by atoms with Crippen molar-refractivity contribution in [2.24, 2.45) is 4.99 Å². The number of aliphatic imine (C=N–C) groups is 1. The Bertz CT molecular complexity index is 823. The van der Waals surface area contributed by atoms with Crippen molar-refractivity contribution in [2.75, 3.05) is 32.8 Å². The number of fused-ring (bicyclic) bond motifs is 1. The molecule has 1 aromatic heterocycles. The van der Waals surface area contributed by atoms with Gasteiger partial charge in [0, 0.05) is 30.3 Å². The Hall–Kier alpha value is -1.55. The molecule has 160 valence electrons. The third-order valence-corrected chi connectivity index (χ3v) is 5.46. The lowest BCUT2D eigenvalue weighted by atomic mass is 9.84. The van der Waals surface area contributed by atoms with Gasteiger partial charge < -0.3 is 20.1 Å². The molecular formula is C21H31IN4O2S. The molecule has 3 rings (SSSR count). The number of halogens is 1. The molecule has 0 spiro atoms. The van der Waals surface area contributed by atoms with E-state index in [-0.39, 0.29) is 29.4 Å². The monoisotopic (exact) mass is 530 g/mol. The summed E-state index contributed by atoms with van der Waals surface area (Å²) in [5.41, 5.74) is 2.20. The van der Waals surface area contributed by atoms with Gasteiger partial charge in [0.15, 0.2) is 17.5 Å². The second kappa shape index (κ2) is 11.0. The van der Waals surface area contributed by atoms with Crippen molar-refractivity contribution in [1.29, 1.82) is 0 Å². The summed E-state index contributed by atoms with van der Waals surface area (Å²) in [6.45, 7) is 12.0. The van der Waals surface area contributed by atoms with Gasteiger partial charge in [-0.15, -0.1) is 35.3 Å². The van der Waals surface area contributed by atoms with E-state index in [2.05, 4.69) is 53.9 Å². The lowest BCUT2D eigenvalue weighted by molar-refractivity contribution is 0.171. The number of thiazole rings is 1. The van der Waals surface area contributed by atoms with Gasteiger partial charge in [-0.05, 0) is 31.5 Å². The maximum absolute atomic E-state index is 5.73. The maximum atomic E-state index is 5.73. The van der Waals surface area contributed by atoms with Crippen LogP contribution < -0.4 is 20.1 Å². The predicted octanol–water partition coefficient (Wildman–Crippen LogP) is 3.92. The smallest absolute Gasteiger partial charge is 0.191 e. The summed E-state index contributed by atoms with van der Waals surface area (Å²) in [6, 6.07) is 6.18. The van der Waals surface area contributed by atoms with Crippen LogP contribution in [0.25, 0.3) is 0 Å². The molecule has 0 aliphatic carbocycles. The van der Waals surface area contributed by atoms with Gasteiger partial charge in [-0.2, -0.15) is 0 Å². The molecule has 0 saturated carbocycles. The number of aryl methyl sites for hydroxylation is 1. The zero-order chi connectivity index (χ0) is 20.0. The standard InChI is InChI=1S/C21H30N4O2S.HI/c1-5-22-20(23-9-8-17-13-28-15(2)25-17)24-14-21(3,4)16-6-7-18-19(12-16)27-11-10-26-18;/h6-7,12-13H,5,8-11,14H2,1-4H3,(H2,22,23,24);1H. The second-order valence-electron chi connectivity index (χ2n) is 7.47. The molecule has 8 heteroatoms. The van der Waals surface area contributed by atoms with Crippen LogP contribution in [0.15, 0.2) is 28.6 Å².